The monoisotopic (exact) mass is 338 g/mol. The topological polar surface area (TPSA) is 37.9 Å². The minimum Gasteiger partial charge on any atom is -0.381 e. The van der Waals surface area contributed by atoms with Crippen LogP contribution in [0.15, 0.2) is 34.8 Å². The number of ether oxygens (including phenoxy) is 1. The Morgan fingerprint density at radius 1 is 1.32 bits per heavy atom. The van der Waals surface area contributed by atoms with E-state index in [0.29, 0.717) is 17.9 Å². The van der Waals surface area contributed by atoms with Crippen LogP contribution in [0.25, 0.3) is 11.3 Å². The molecule has 0 aliphatic carbocycles. The maximum absolute atomic E-state index is 5.35. The van der Waals surface area contributed by atoms with Crippen molar-refractivity contribution in [2.45, 2.75) is 13.3 Å². The van der Waals surface area contributed by atoms with Crippen molar-refractivity contribution in [3.05, 3.63) is 45.3 Å². The van der Waals surface area contributed by atoms with Crippen LogP contribution >= 0.6 is 28.1 Å². The van der Waals surface area contributed by atoms with Crippen molar-refractivity contribution in [3.63, 3.8) is 0 Å². The van der Waals surface area contributed by atoms with Gasteiger partial charge in [0, 0.05) is 13.0 Å². The average Bonchev–Trinajstić information content (AvgIpc) is 2.44. The van der Waals surface area contributed by atoms with Crippen LogP contribution in [0.5, 0.6) is 0 Å². The van der Waals surface area contributed by atoms with Crippen LogP contribution in [-0.4, -0.2) is 23.2 Å². The highest BCUT2D eigenvalue weighted by Gasteiger charge is 2.08. The van der Waals surface area contributed by atoms with E-state index in [1.165, 1.54) is 0 Å². The van der Waals surface area contributed by atoms with Crippen LogP contribution in [0, 0.1) is 4.64 Å². The Hall–Kier alpha value is -1.04. The smallest absolute Gasteiger partial charge is 0.144 e. The van der Waals surface area contributed by atoms with Gasteiger partial charge in [-0.3, -0.25) is 0 Å². The van der Waals surface area contributed by atoms with Crippen molar-refractivity contribution in [2.24, 2.45) is 0 Å². The van der Waals surface area contributed by atoms with Crippen LogP contribution in [0.4, 0.5) is 0 Å². The molecule has 1 aromatic heterocycles. The Morgan fingerprint density at radius 2 is 2.05 bits per heavy atom. The number of hydrogen-bond acceptors (Lipinski definition) is 3. The molecule has 1 aromatic carbocycles. The second kappa shape index (κ2) is 6.93. The van der Waals surface area contributed by atoms with Gasteiger partial charge in [-0.15, -0.1) is 0 Å². The van der Waals surface area contributed by atoms with Crippen molar-refractivity contribution in [1.29, 1.82) is 0 Å². The first kappa shape index (κ1) is 14.4. The molecule has 19 heavy (non-hydrogen) atoms. The lowest BCUT2D eigenvalue weighted by atomic mass is 10.1. The number of nitrogens with one attached hydrogen (secondary N) is 1. The molecule has 0 amide bonds. The number of aromatic amines is 1. The molecule has 1 N–H and O–H groups in total. The molecule has 0 aliphatic heterocycles. The summed E-state index contributed by atoms with van der Waals surface area (Å²) in [7, 11) is 0. The van der Waals surface area contributed by atoms with E-state index < -0.39 is 0 Å². The molecule has 0 aliphatic rings. The van der Waals surface area contributed by atoms with E-state index >= 15 is 0 Å². The third-order valence-electron chi connectivity index (χ3n) is 2.66. The summed E-state index contributed by atoms with van der Waals surface area (Å²) in [4.78, 5) is 7.69. The fourth-order valence-corrected chi connectivity index (χ4v) is 2.37. The number of H-pyrrole nitrogens is 1. The number of nitrogens with zero attached hydrogens (tertiary/aromatic N) is 1. The molecule has 2 aromatic rings. The zero-order valence-corrected chi connectivity index (χ0v) is 13.1. The van der Waals surface area contributed by atoms with Gasteiger partial charge in [-0.25, -0.2) is 4.98 Å². The Balaban J connectivity index is 2.35. The molecule has 0 fully saturated rings. The third kappa shape index (κ3) is 3.72. The first-order valence-corrected chi connectivity index (χ1v) is 7.34. The molecule has 0 spiro atoms. The molecule has 100 valence electrons. The quantitative estimate of drug-likeness (QED) is 0.657. The molecule has 0 bridgehead atoms. The van der Waals surface area contributed by atoms with E-state index in [2.05, 4.69) is 25.9 Å². The van der Waals surface area contributed by atoms with Gasteiger partial charge in [0.2, 0.25) is 0 Å². The Morgan fingerprint density at radius 3 is 2.74 bits per heavy atom. The second-order valence-electron chi connectivity index (χ2n) is 3.99. The van der Waals surface area contributed by atoms with Crippen LogP contribution in [0.2, 0.25) is 0 Å². The summed E-state index contributed by atoms with van der Waals surface area (Å²) in [6, 6.07) is 10.1. The van der Waals surface area contributed by atoms with Gasteiger partial charge in [-0.1, -0.05) is 42.5 Å². The lowest BCUT2D eigenvalue weighted by molar-refractivity contribution is 0.149. The standard InChI is InChI=1S/C14H15BrN2OS/c1-2-18-9-8-11-16-13(12(15)14(19)17-11)10-6-4-3-5-7-10/h3-7H,2,8-9H2,1H3,(H,16,17,19). The van der Waals surface area contributed by atoms with Crippen LogP contribution in [-0.2, 0) is 11.2 Å². The molecule has 2 rings (SSSR count). The van der Waals surface area contributed by atoms with Gasteiger partial charge < -0.3 is 9.72 Å². The predicted octanol–water partition coefficient (Wildman–Crippen LogP) is 4.15. The number of aromatic nitrogens is 2. The molecular formula is C14H15BrN2OS. The third-order valence-corrected chi connectivity index (χ3v) is 3.99. The molecule has 0 atom stereocenters. The highest BCUT2D eigenvalue weighted by Crippen LogP contribution is 2.26. The van der Waals surface area contributed by atoms with Gasteiger partial charge >= 0.3 is 0 Å². The largest absolute Gasteiger partial charge is 0.381 e. The Kier molecular flexibility index (Phi) is 5.24. The minimum absolute atomic E-state index is 0.573. The van der Waals surface area contributed by atoms with Crippen LogP contribution in [0.1, 0.15) is 12.7 Å². The van der Waals surface area contributed by atoms with Gasteiger partial charge in [-0.2, -0.15) is 0 Å². The van der Waals surface area contributed by atoms with E-state index in [-0.39, 0.29) is 0 Å². The van der Waals surface area contributed by atoms with Gasteiger partial charge in [-0.05, 0) is 28.4 Å². The lowest BCUT2D eigenvalue weighted by Gasteiger charge is -2.09. The van der Waals surface area contributed by atoms with Crippen molar-refractivity contribution >= 4 is 28.1 Å². The first-order chi connectivity index (χ1) is 9.22. The fourth-order valence-electron chi connectivity index (χ4n) is 1.74. The summed E-state index contributed by atoms with van der Waals surface area (Å²) < 4.78 is 6.75. The van der Waals surface area contributed by atoms with Gasteiger partial charge in [0.15, 0.2) is 0 Å². The first-order valence-electron chi connectivity index (χ1n) is 6.14. The van der Waals surface area contributed by atoms with E-state index in [9.17, 15) is 0 Å². The van der Waals surface area contributed by atoms with Crippen LogP contribution in [0.3, 0.4) is 0 Å². The minimum atomic E-state index is 0.573. The number of halogens is 1. The van der Waals surface area contributed by atoms with Crippen molar-refractivity contribution in [1.82, 2.24) is 9.97 Å². The maximum Gasteiger partial charge on any atom is 0.144 e. The molecule has 0 saturated carbocycles. The van der Waals surface area contributed by atoms with Gasteiger partial charge in [0.1, 0.15) is 10.5 Å². The molecule has 1 heterocycles. The van der Waals surface area contributed by atoms with Crippen molar-refractivity contribution in [2.75, 3.05) is 13.2 Å². The van der Waals surface area contributed by atoms with E-state index in [0.717, 1.165) is 28.0 Å². The zero-order chi connectivity index (χ0) is 13.7. The summed E-state index contributed by atoms with van der Waals surface area (Å²) in [6.45, 7) is 3.33. The number of hydrogen-bond donors (Lipinski definition) is 1. The average molecular weight is 339 g/mol. The summed E-state index contributed by atoms with van der Waals surface area (Å²) in [5.74, 6) is 0.848. The Bertz CT molecular complexity index is 598. The molecular weight excluding hydrogens is 324 g/mol. The van der Waals surface area contributed by atoms with Crippen molar-refractivity contribution in [3.8, 4) is 11.3 Å². The van der Waals surface area contributed by atoms with Crippen molar-refractivity contribution < 1.29 is 4.74 Å². The maximum atomic E-state index is 5.35. The number of rotatable bonds is 5. The number of benzene rings is 1. The van der Waals surface area contributed by atoms with Gasteiger partial charge in [0.05, 0.1) is 16.8 Å². The zero-order valence-electron chi connectivity index (χ0n) is 10.6. The van der Waals surface area contributed by atoms with E-state index in [1.54, 1.807) is 0 Å². The Labute approximate surface area is 126 Å². The molecule has 3 nitrogen and oxygen atoms in total. The normalized spacial score (nSPS) is 10.6. The van der Waals surface area contributed by atoms with Gasteiger partial charge in [0.25, 0.3) is 0 Å². The second-order valence-corrected chi connectivity index (χ2v) is 5.17. The highest BCUT2D eigenvalue weighted by molar-refractivity contribution is 9.10. The molecule has 5 heteroatoms. The highest BCUT2D eigenvalue weighted by atomic mass is 79.9. The lowest BCUT2D eigenvalue weighted by Crippen LogP contribution is -2.04. The summed E-state index contributed by atoms with van der Waals surface area (Å²) in [5.41, 5.74) is 2.05. The van der Waals surface area contributed by atoms with E-state index in [1.807, 2.05) is 37.3 Å². The SMILES string of the molecule is CCOCCc1nc(=S)c(Br)c(-c2ccccc2)[nH]1. The summed E-state index contributed by atoms with van der Waals surface area (Å²) in [6.07, 6.45) is 0.727. The molecule has 0 radical (unpaired) electrons. The van der Waals surface area contributed by atoms with E-state index in [4.69, 9.17) is 17.0 Å². The molecule has 0 saturated heterocycles. The fraction of sp³-hybridized carbons (Fsp3) is 0.286. The molecule has 0 unspecified atom stereocenters. The predicted molar refractivity (Wildman–Crippen MR) is 82.8 cm³/mol. The van der Waals surface area contributed by atoms with Crippen LogP contribution < -0.4 is 0 Å². The summed E-state index contributed by atoms with van der Waals surface area (Å²) in [5, 5.41) is 0. The summed E-state index contributed by atoms with van der Waals surface area (Å²) >= 11 is 8.79.